The highest BCUT2D eigenvalue weighted by Gasteiger charge is 2.32. The highest BCUT2D eigenvalue weighted by Crippen LogP contribution is 2.30. The Morgan fingerprint density at radius 1 is 1.00 bits per heavy atom. The van der Waals surface area contributed by atoms with Crippen molar-refractivity contribution >= 4 is 11.8 Å². The van der Waals surface area contributed by atoms with Crippen molar-refractivity contribution < 1.29 is 14.3 Å². The van der Waals surface area contributed by atoms with Crippen molar-refractivity contribution in [2.24, 2.45) is 11.8 Å². The first-order chi connectivity index (χ1) is 12.2. The van der Waals surface area contributed by atoms with E-state index in [0.717, 1.165) is 56.3 Å². The minimum atomic E-state index is 0.0441. The molecule has 0 saturated heterocycles. The number of hydrogen-bond acceptors (Lipinski definition) is 3. The van der Waals surface area contributed by atoms with Crippen molar-refractivity contribution in [1.82, 2.24) is 10.6 Å². The zero-order valence-electron chi connectivity index (χ0n) is 14.9. The summed E-state index contributed by atoms with van der Waals surface area (Å²) in [6, 6.07) is 8.30. The van der Waals surface area contributed by atoms with Crippen molar-refractivity contribution in [1.29, 1.82) is 0 Å². The molecule has 1 aromatic rings. The third kappa shape index (κ3) is 4.97. The molecule has 3 rings (SSSR count). The Bertz CT molecular complexity index is 605. The van der Waals surface area contributed by atoms with Gasteiger partial charge in [-0.15, -0.1) is 0 Å². The fourth-order valence-corrected chi connectivity index (χ4v) is 3.54. The van der Waals surface area contributed by atoms with Crippen molar-refractivity contribution in [3.8, 4) is 5.75 Å². The quantitative estimate of drug-likeness (QED) is 0.798. The molecule has 5 nitrogen and oxygen atoms in total. The van der Waals surface area contributed by atoms with Crippen LogP contribution in [0.5, 0.6) is 5.75 Å². The highest BCUT2D eigenvalue weighted by atomic mass is 16.5. The summed E-state index contributed by atoms with van der Waals surface area (Å²) in [6.45, 7) is 0.612. The largest absolute Gasteiger partial charge is 0.496 e. The summed E-state index contributed by atoms with van der Waals surface area (Å²) in [6.07, 6.45) is 6.26. The van der Waals surface area contributed by atoms with Gasteiger partial charge in [0, 0.05) is 24.4 Å². The molecule has 0 unspecified atom stereocenters. The van der Waals surface area contributed by atoms with E-state index < -0.39 is 0 Å². The van der Waals surface area contributed by atoms with Crippen LogP contribution < -0.4 is 15.4 Å². The van der Waals surface area contributed by atoms with Gasteiger partial charge in [0.1, 0.15) is 5.75 Å². The van der Waals surface area contributed by atoms with Gasteiger partial charge in [0.25, 0.3) is 0 Å². The van der Waals surface area contributed by atoms with E-state index in [0.29, 0.717) is 12.6 Å². The lowest BCUT2D eigenvalue weighted by Gasteiger charge is -2.27. The molecule has 136 valence electrons. The van der Waals surface area contributed by atoms with E-state index in [1.165, 1.54) is 0 Å². The van der Waals surface area contributed by atoms with E-state index in [-0.39, 0.29) is 23.7 Å². The van der Waals surface area contributed by atoms with E-state index in [1.54, 1.807) is 7.11 Å². The second kappa shape index (κ2) is 8.37. The summed E-state index contributed by atoms with van der Waals surface area (Å²) in [5, 5.41) is 6.12. The molecule has 2 amide bonds. The van der Waals surface area contributed by atoms with Gasteiger partial charge in [0.05, 0.1) is 7.11 Å². The molecule has 0 aromatic heterocycles. The maximum Gasteiger partial charge on any atom is 0.223 e. The molecule has 0 heterocycles. The first kappa shape index (κ1) is 17.8. The second-order valence-corrected chi connectivity index (χ2v) is 7.18. The Kier molecular flexibility index (Phi) is 5.95. The number of benzene rings is 1. The average Bonchev–Trinajstić information content (AvgIpc) is 3.46. The number of amides is 2. The predicted octanol–water partition coefficient (Wildman–Crippen LogP) is 2.44. The molecule has 0 radical (unpaired) electrons. The monoisotopic (exact) mass is 344 g/mol. The molecule has 2 aliphatic rings. The molecule has 1 aromatic carbocycles. The highest BCUT2D eigenvalue weighted by molar-refractivity contribution is 5.81. The van der Waals surface area contributed by atoms with Crippen LogP contribution in [0, 0.1) is 11.8 Å². The van der Waals surface area contributed by atoms with E-state index in [9.17, 15) is 9.59 Å². The lowest BCUT2D eigenvalue weighted by molar-refractivity contribution is -0.130. The van der Waals surface area contributed by atoms with Crippen LogP contribution in [-0.4, -0.2) is 31.5 Å². The zero-order chi connectivity index (χ0) is 17.6. The van der Waals surface area contributed by atoms with E-state index in [2.05, 4.69) is 10.6 Å². The Balaban J connectivity index is 1.38. The van der Waals surface area contributed by atoms with Crippen molar-refractivity contribution in [3.05, 3.63) is 29.8 Å². The first-order valence-electron chi connectivity index (χ1n) is 9.37. The van der Waals surface area contributed by atoms with E-state index in [1.807, 2.05) is 24.3 Å². The predicted molar refractivity (Wildman–Crippen MR) is 96.3 cm³/mol. The maximum atomic E-state index is 12.4. The lowest BCUT2D eigenvalue weighted by atomic mass is 9.81. The number of carbonyl (C=O) groups excluding carboxylic acids is 2. The molecular formula is C20H28N2O3. The van der Waals surface area contributed by atoms with Crippen molar-refractivity contribution in [3.63, 3.8) is 0 Å². The van der Waals surface area contributed by atoms with Gasteiger partial charge < -0.3 is 15.4 Å². The molecule has 0 bridgehead atoms. The van der Waals surface area contributed by atoms with Crippen LogP contribution in [0.2, 0.25) is 0 Å². The van der Waals surface area contributed by atoms with Crippen molar-refractivity contribution in [2.45, 2.75) is 51.0 Å². The second-order valence-electron chi connectivity index (χ2n) is 7.18. The summed E-state index contributed by atoms with van der Waals surface area (Å²) in [4.78, 5) is 24.5. The third-order valence-corrected chi connectivity index (χ3v) is 5.28. The van der Waals surface area contributed by atoms with Crippen LogP contribution in [0.15, 0.2) is 24.3 Å². The number of ether oxygens (including phenoxy) is 1. The number of carbonyl (C=O) groups is 2. The SMILES string of the molecule is COc1ccccc1CCNC(=O)C1CCC(C(=O)NC2CC2)CC1. The Hall–Kier alpha value is -2.04. The van der Waals surface area contributed by atoms with Crippen LogP contribution in [0.3, 0.4) is 0 Å². The summed E-state index contributed by atoms with van der Waals surface area (Å²) in [5.74, 6) is 1.31. The van der Waals surface area contributed by atoms with Gasteiger partial charge in [-0.25, -0.2) is 0 Å². The number of para-hydroxylation sites is 1. The minimum Gasteiger partial charge on any atom is -0.496 e. The van der Waals surface area contributed by atoms with Crippen LogP contribution >= 0.6 is 0 Å². The minimum absolute atomic E-state index is 0.0441. The summed E-state index contributed by atoms with van der Waals surface area (Å²) < 4.78 is 5.33. The molecular weight excluding hydrogens is 316 g/mol. The van der Waals surface area contributed by atoms with Gasteiger partial charge in [0.15, 0.2) is 0 Å². The van der Waals surface area contributed by atoms with E-state index in [4.69, 9.17) is 4.74 Å². The maximum absolute atomic E-state index is 12.4. The fraction of sp³-hybridized carbons (Fsp3) is 0.600. The Labute approximate surface area is 149 Å². The normalized spacial score (nSPS) is 22.9. The molecule has 0 aliphatic heterocycles. The Morgan fingerprint density at radius 2 is 1.64 bits per heavy atom. The molecule has 25 heavy (non-hydrogen) atoms. The average molecular weight is 344 g/mol. The van der Waals surface area contributed by atoms with Gasteiger partial charge in [0.2, 0.25) is 11.8 Å². The molecule has 2 fully saturated rings. The van der Waals surface area contributed by atoms with Crippen molar-refractivity contribution in [2.75, 3.05) is 13.7 Å². The number of rotatable bonds is 7. The summed E-state index contributed by atoms with van der Waals surface area (Å²) in [7, 11) is 1.66. The summed E-state index contributed by atoms with van der Waals surface area (Å²) >= 11 is 0. The lowest BCUT2D eigenvalue weighted by Crippen LogP contribution is -2.38. The molecule has 0 spiro atoms. The summed E-state index contributed by atoms with van der Waals surface area (Å²) in [5.41, 5.74) is 1.10. The standard InChI is InChI=1S/C20H28N2O3/c1-25-18-5-3-2-4-14(18)12-13-21-19(23)15-6-8-16(9-7-15)20(24)22-17-10-11-17/h2-5,15-17H,6-13H2,1H3,(H,21,23)(H,22,24). The molecule has 2 N–H and O–H groups in total. The third-order valence-electron chi connectivity index (χ3n) is 5.28. The molecule has 5 heteroatoms. The van der Waals surface area contributed by atoms with E-state index >= 15 is 0 Å². The number of nitrogens with one attached hydrogen (secondary N) is 2. The number of methoxy groups -OCH3 is 1. The Morgan fingerprint density at radius 3 is 2.28 bits per heavy atom. The molecule has 0 atom stereocenters. The van der Waals surface area contributed by atoms with Gasteiger partial charge in [-0.3, -0.25) is 9.59 Å². The molecule has 2 saturated carbocycles. The zero-order valence-corrected chi connectivity index (χ0v) is 14.9. The first-order valence-corrected chi connectivity index (χ1v) is 9.37. The smallest absolute Gasteiger partial charge is 0.223 e. The van der Waals surface area contributed by atoms with Gasteiger partial charge in [-0.1, -0.05) is 18.2 Å². The van der Waals surface area contributed by atoms with Crippen LogP contribution in [0.1, 0.15) is 44.1 Å². The fourth-order valence-electron chi connectivity index (χ4n) is 3.54. The van der Waals surface area contributed by atoms with Crippen LogP contribution in [0.25, 0.3) is 0 Å². The van der Waals surface area contributed by atoms with Crippen LogP contribution in [0.4, 0.5) is 0 Å². The van der Waals surface area contributed by atoms with Crippen LogP contribution in [-0.2, 0) is 16.0 Å². The van der Waals surface area contributed by atoms with Gasteiger partial charge >= 0.3 is 0 Å². The topological polar surface area (TPSA) is 67.4 Å². The number of hydrogen-bond donors (Lipinski definition) is 2. The molecule has 2 aliphatic carbocycles. The van der Waals surface area contributed by atoms with Gasteiger partial charge in [-0.2, -0.15) is 0 Å². The van der Waals surface area contributed by atoms with Gasteiger partial charge in [-0.05, 0) is 56.6 Å².